The minimum absolute atomic E-state index is 0.0621. The minimum Gasteiger partial charge on any atom is -0.308 e. The van der Waals surface area contributed by atoms with Crippen molar-refractivity contribution in [2.75, 3.05) is 11.4 Å². The highest BCUT2D eigenvalue weighted by Crippen LogP contribution is 2.35. The summed E-state index contributed by atoms with van der Waals surface area (Å²) in [5.41, 5.74) is 3.35. The van der Waals surface area contributed by atoms with Crippen molar-refractivity contribution < 1.29 is 13.2 Å². The molecule has 34 heavy (non-hydrogen) atoms. The van der Waals surface area contributed by atoms with Crippen molar-refractivity contribution in [1.29, 1.82) is 0 Å². The van der Waals surface area contributed by atoms with Crippen LogP contribution in [0.2, 0.25) is 10.0 Å². The van der Waals surface area contributed by atoms with E-state index >= 15 is 0 Å². The van der Waals surface area contributed by atoms with Crippen molar-refractivity contribution in [3.05, 3.63) is 91.9 Å². The molecule has 1 aliphatic rings. The molecule has 9 heteroatoms. The molecule has 4 rings (SSSR count). The van der Waals surface area contributed by atoms with Gasteiger partial charge in [0.05, 0.1) is 11.4 Å². The Kier molecular flexibility index (Phi) is 7.41. The van der Waals surface area contributed by atoms with Gasteiger partial charge < -0.3 is 4.90 Å². The average Bonchev–Trinajstić information content (AvgIpc) is 3.10. The number of hydrogen-bond acceptors (Lipinski definition) is 3. The van der Waals surface area contributed by atoms with Crippen molar-refractivity contribution in [2.45, 2.75) is 37.8 Å². The molecule has 0 aliphatic carbocycles. The maximum absolute atomic E-state index is 13.6. The first-order valence-corrected chi connectivity index (χ1v) is 13.7. The van der Waals surface area contributed by atoms with Gasteiger partial charge in [-0.25, -0.2) is 8.42 Å². The van der Waals surface area contributed by atoms with Gasteiger partial charge in [-0.1, -0.05) is 62.9 Å². The van der Waals surface area contributed by atoms with E-state index in [9.17, 15) is 13.2 Å². The Labute approximate surface area is 218 Å². The molecule has 0 saturated carbocycles. The fraction of sp³-hybridized carbons (Fsp3) is 0.240. The first kappa shape index (κ1) is 25.2. The SMILES string of the molecule is Cc1ccc(S(=O)(=O)N(CC(=O)N2c3ccc(Br)cc3C[C@@H]2C)Cc2ccc(Cl)cc2Cl)cc1. The lowest BCUT2D eigenvalue weighted by Crippen LogP contribution is -2.44. The summed E-state index contributed by atoms with van der Waals surface area (Å²) < 4.78 is 29.4. The number of nitrogens with zero attached hydrogens (tertiary/aromatic N) is 2. The van der Waals surface area contributed by atoms with Crippen molar-refractivity contribution in [3.63, 3.8) is 0 Å². The standard InChI is InChI=1S/C25H23BrCl2N2O3S/c1-16-3-8-22(9-4-16)34(32,33)29(14-18-5-7-21(27)13-23(18)28)15-25(31)30-17(2)11-19-12-20(26)6-10-24(19)30/h3-10,12-13,17H,11,14-15H2,1-2H3/t17-/m0/s1. The van der Waals surface area contributed by atoms with Crippen molar-refractivity contribution in [3.8, 4) is 0 Å². The Morgan fingerprint density at radius 1 is 1.09 bits per heavy atom. The zero-order chi connectivity index (χ0) is 24.6. The molecular weight excluding hydrogens is 559 g/mol. The number of anilines is 1. The Hall–Kier alpha value is -1.90. The number of aryl methyl sites for hydroxylation is 1. The van der Waals surface area contributed by atoms with Gasteiger partial charge in [0.15, 0.2) is 0 Å². The van der Waals surface area contributed by atoms with Gasteiger partial charge >= 0.3 is 0 Å². The van der Waals surface area contributed by atoms with Gasteiger partial charge in [-0.15, -0.1) is 0 Å². The molecule has 0 saturated heterocycles. The van der Waals surface area contributed by atoms with E-state index in [1.165, 1.54) is 4.31 Å². The number of amides is 1. The highest BCUT2D eigenvalue weighted by molar-refractivity contribution is 9.10. The quantitative estimate of drug-likeness (QED) is 0.346. The summed E-state index contributed by atoms with van der Waals surface area (Å²) in [5, 5.41) is 0.792. The third-order valence-electron chi connectivity index (χ3n) is 5.86. The molecule has 0 unspecified atom stereocenters. The summed E-state index contributed by atoms with van der Waals surface area (Å²) in [6, 6.07) is 17.1. The Morgan fingerprint density at radius 2 is 1.79 bits per heavy atom. The minimum atomic E-state index is -3.98. The van der Waals surface area contributed by atoms with Crippen LogP contribution in [-0.2, 0) is 27.8 Å². The fourth-order valence-electron chi connectivity index (χ4n) is 4.13. The van der Waals surface area contributed by atoms with Crippen LogP contribution >= 0.6 is 39.1 Å². The summed E-state index contributed by atoms with van der Waals surface area (Å²) in [6.07, 6.45) is 0.703. The second kappa shape index (κ2) is 9.99. The molecule has 1 heterocycles. The molecule has 0 fully saturated rings. The number of fused-ring (bicyclic) bond motifs is 1. The van der Waals surface area contributed by atoms with Crippen LogP contribution in [0.5, 0.6) is 0 Å². The number of carbonyl (C=O) groups is 1. The Balaban J connectivity index is 1.69. The first-order chi connectivity index (χ1) is 16.1. The van der Waals surface area contributed by atoms with Crippen molar-refractivity contribution in [2.24, 2.45) is 0 Å². The number of carbonyl (C=O) groups excluding carboxylic acids is 1. The summed E-state index contributed by atoms with van der Waals surface area (Å²) in [5.74, 6) is -0.297. The largest absolute Gasteiger partial charge is 0.308 e. The summed E-state index contributed by atoms with van der Waals surface area (Å²) in [6.45, 7) is 3.46. The van der Waals surface area contributed by atoms with Crippen LogP contribution in [0.3, 0.4) is 0 Å². The maximum atomic E-state index is 13.6. The van der Waals surface area contributed by atoms with E-state index in [4.69, 9.17) is 23.2 Å². The van der Waals surface area contributed by atoms with E-state index in [2.05, 4.69) is 15.9 Å². The topological polar surface area (TPSA) is 57.7 Å². The lowest BCUT2D eigenvalue weighted by molar-refractivity contribution is -0.119. The smallest absolute Gasteiger partial charge is 0.243 e. The number of hydrogen-bond donors (Lipinski definition) is 0. The molecule has 3 aromatic rings. The van der Waals surface area contributed by atoms with Gasteiger partial charge in [0.25, 0.3) is 0 Å². The van der Waals surface area contributed by atoms with Gasteiger partial charge in [0.2, 0.25) is 15.9 Å². The molecular formula is C25H23BrCl2N2O3S. The predicted molar refractivity (Wildman–Crippen MR) is 140 cm³/mol. The molecule has 0 radical (unpaired) electrons. The van der Waals surface area contributed by atoms with E-state index in [1.54, 1.807) is 47.4 Å². The lowest BCUT2D eigenvalue weighted by Gasteiger charge is -2.28. The van der Waals surface area contributed by atoms with Gasteiger partial charge in [-0.05, 0) is 73.9 Å². The molecule has 0 N–H and O–H groups in total. The van der Waals surface area contributed by atoms with Crippen molar-refractivity contribution in [1.82, 2.24) is 4.31 Å². The van der Waals surface area contributed by atoms with E-state index in [-0.39, 0.29) is 29.9 Å². The monoisotopic (exact) mass is 580 g/mol. The highest BCUT2D eigenvalue weighted by Gasteiger charge is 2.35. The third kappa shape index (κ3) is 5.19. The molecule has 1 atom stereocenters. The Bertz CT molecular complexity index is 1350. The number of halogens is 3. The number of benzene rings is 3. The molecule has 0 bridgehead atoms. The van der Waals surface area contributed by atoms with Gasteiger partial charge in [-0.3, -0.25) is 4.79 Å². The summed E-state index contributed by atoms with van der Waals surface area (Å²) >= 11 is 15.8. The van der Waals surface area contributed by atoms with Crippen LogP contribution in [0.1, 0.15) is 23.6 Å². The van der Waals surface area contributed by atoms with Crippen molar-refractivity contribution >= 4 is 60.7 Å². The highest BCUT2D eigenvalue weighted by atomic mass is 79.9. The number of rotatable bonds is 6. The number of sulfonamides is 1. The maximum Gasteiger partial charge on any atom is 0.243 e. The molecule has 3 aromatic carbocycles. The van der Waals surface area contributed by atoms with E-state index in [0.717, 1.165) is 21.3 Å². The van der Waals surface area contributed by atoms with Gasteiger partial charge in [0.1, 0.15) is 0 Å². The predicted octanol–water partition coefficient (Wildman–Crippen LogP) is 6.23. The van der Waals surface area contributed by atoms with Gasteiger partial charge in [0, 0.05) is 32.8 Å². The molecule has 178 valence electrons. The molecule has 1 aliphatic heterocycles. The van der Waals surface area contributed by atoms with E-state index < -0.39 is 10.0 Å². The van der Waals surface area contributed by atoms with Crippen LogP contribution in [0.15, 0.2) is 70.0 Å². The van der Waals surface area contributed by atoms with E-state index in [0.29, 0.717) is 22.0 Å². The average molecular weight is 582 g/mol. The van der Waals surface area contributed by atoms with Crippen LogP contribution in [0.4, 0.5) is 5.69 Å². The molecule has 0 aromatic heterocycles. The third-order valence-corrected chi connectivity index (χ3v) is 8.74. The second-order valence-electron chi connectivity index (χ2n) is 8.41. The lowest BCUT2D eigenvalue weighted by atomic mass is 10.1. The zero-order valence-corrected chi connectivity index (χ0v) is 22.5. The molecule has 0 spiro atoms. The molecule has 1 amide bonds. The van der Waals surface area contributed by atoms with Crippen LogP contribution in [-0.4, -0.2) is 31.2 Å². The van der Waals surface area contributed by atoms with Crippen LogP contribution in [0, 0.1) is 6.92 Å². The normalized spacial score (nSPS) is 15.6. The Morgan fingerprint density at radius 3 is 2.47 bits per heavy atom. The van der Waals surface area contributed by atoms with Gasteiger partial charge in [-0.2, -0.15) is 4.31 Å². The fourth-order valence-corrected chi connectivity index (χ4v) is 6.38. The summed E-state index contributed by atoms with van der Waals surface area (Å²) in [7, 11) is -3.98. The van der Waals surface area contributed by atoms with E-state index in [1.807, 2.05) is 32.0 Å². The summed E-state index contributed by atoms with van der Waals surface area (Å²) in [4.78, 5) is 15.3. The molecule has 5 nitrogen and oxygen atoms in total. The van der Waals surface area contributed by atoms with Crippen LogP contribution in [0.25, 0.3) is 0 Å². The van der Waals surface area contributed by atoms with Crippen LogP contribution < -0.4 is 4.90 Å². The zero-order valence-electron chi connectivity index (χ0n) is 18.6. The first-order valence-electron chi connectivity index (χ1n) is 10.7. The second-order valence-corrected chi connectivity index (χ2v) is 12.1.